The summed E-state index contributed by atoms with van der Waals surface area (Å²) in [6.45, 7) is 2.15. The fraction of sp³-hybridized carbons (Fsp3) is 0.614. The molecule has 0 bridgehead atoms. The molecule has 13 amide bonds. The van der Waals surface area contributed by atoms with Crippen LogP contribution in [0.2, 0.25) is 0 Å². The van der Waals surface area contributed by atoms with Gasteiger partial charge in [-0.2, -0.15) is 0 Å². The molecule has 0 spiro atoms. The van der Waals surface area contributed by atoms with Crippen molar-refractivity contribution >= 4 is 116 Å². The lowest BCUT2D eigenvalue weighted by molar-refractivity contribution is -0.142. The van der Waals surface area contributed by atoms with Gasteiger partial charge in [0.2, 0.25) is 76.8 Å². The molecule has 0 unspecified atom stereocenters. The summed E-state index contributed by atoms with van der Waals surface area (Å²) in [6.07, 6.45) is -0.447. The standard InChI is InChI=1S/C57H93N21O16S2/c1-3-29(2)45-53(91)72-35(17-18-41(60)80)49(87)75-38(24-42(61)81)50(88)76-39(28-96-95-27-32(59)46(84)74-37(51(89)77-45)23-30-13-15-31(79)16-14-30)54(92)78-22-8-12-40(78)52(90)71-33(10-6-20-66-56(62)63)47(85)69-25-43(82)68-26-44(83)70-34(9-4-5-19-58)48(86)73-36(55(93)94)11-7-21-67-57(64)65/h13-16,29,32-40,45,79H,3-12,17-28,58-59H2,1-2H3,(H2,60,80)(H2,61,81)(H,68,82)(H,69,85)(H,70,83)(H,71,90)(H,72,91)(H,73,86)(H,74,84)(H,75,87)(H,76,88)(H,77,89)(H,93,94)(H4,62,63,66)(H4,64,65,67)/t29-,32-,33-,34-,35-,36-,37-,38-,39-,40-,45-/m0/s1. The number of nitrogens with zero attached hydrogens (tertiary/aromatic N) is 3. The quantitative estimate of drug-likeness (QED) is 0.0135. The zero-order chi connectivity index (χ0) is 71.6. The Morgan fingerprint density at radius 1 is 0.656 bits per heavy atom. The molecule has 0 aromatic heterocycles. The average Bonchev–Trinajstić information content (AvgIpc) is 1.67. The summed E-state index contributed by atoms with van der Waals surface area (Å²) in [6, 6.07) is -8.75. The second kappa shape index (κ2) is 42.2. The molecule has 11 atom stereocenters. The molecular formula is C57H93N21O16S2. The maximum Gasteiger partial charge on any atom is 0.326 e. The average molecular weight is 1390 g/mol. The number of aliphatic carboxylic acids is 1. The number of nitrogens with one attached hydrogen (secondary N) is 10. The van der Waals surface area contributed by atoms with Crippen LogP contribution in [0.15, 0.2) is 34.3 Å². The van der Waals surface area contributed by atoms with Crippen molar-refractivity contribution in [1.29, 1.82) is 0 Å². The number of hydrogen-bond donors (Lipinski definition) is 20. The van der Waals surface area contributed by atoms with Crippen LogP contribution in [-0.4, -0.2) is 221 Å². The number of carboxylic acid groups (broad SMARTS) is 1. The van der Waals surface area contributed by atoms with Gasteiger partial charge < -0.3 is 114 Å². The molecule has 1 aromatic carbocycles. The van der Waals surface area contributed by atoms with Crippen LogP contribution in [0.3, 0.4) is 0 Å². The van der Waals surface area contributed by atoms with Crippen LogP contribution in [0, 0.1) is 5.92 Å². The molecule has 28 N–H and O–H groups in total. The Morgan fingerprint density at radius 3 is 1.83 bits per heavy atom. The first-order chi connectivity index (χ1) is 45.4. The number of hydrogen-bond acceptors (Lipinski definition) is 21. The normalized spacial score (nSPS) is 21.0. The van der Waals surface area contributed by atoms with E-state index in [2.05, 4.69) is 63.2 Å². The van der Waals surface area contributed by atoms with E-state index >= 15 is 0 Å². The van der Waals surface area contributed by atoms with E-state index < -0.39 is 181 Å². The molecule has 3 rings (SSSR count). The second-order valence-electron chi connectivity index (χ2n) is 22.8. The molecule has 534 valence electrons. The minimum absolute atomic E-state index is 0.0167. The van der Waals surface area contributed by atoms with Gasteiger partial charge in [-0.1, -0.05) is 54.0 Å². The summed E-state index contributed by atoms with van der Waals surface area (Å²) < 4.78 is 0. The van der Waals surface area contributed by atoms with Crippen molar-refractivity contribution in [2.75, 3.05) is 50.8 Å². The number of carboxylic acids is 1. The van der Waals surface area contributed by atoms with E-state index in [1.807, 2.05) is 0 Å². The van der Waals surface area contributed by atoms with E-state index in [1.54, 1.807) is 13.8 Å². The van der Waals surface area contributed by atoms with E-state index in [0.717, 1.165) is 26.5 Å². The number of likely N-dealkylation sites (tertiary alicyclic amines) is 1. The van der Waals surface area contributed by atoms with Gasteiger partial charge in [-0.05, 0) is 94.4 Å². The molecule has 0 saturated carbocycles. The number of aliphatic imine (C=N–C) groups is 2. The molecule has 1 aromatic rings. The van der Waals surface area contributed by atoms with Gasteiger partial charge in [0.05, 0.1) is 25.6 Å². The molecule has 37 nitrogen and oxygen atoms in total. The summed E-state index contributed by atoms with van der Waals surface area (Å²) in [4.78, 5) is 199. The van der Waals surface area contributed by atoms with Crippen LogP contribution >= 0.6 is 21.6 Å². The highest BCUT2D eigenvalue weighted by Gasteiger charge is 2.41. The molecule has 2 heterocycles. The van der Waals surface area contributed by atoms with Gasteiger partial charge in [-0.3, -0.25) is 72.3 Å². The van der Waals surface area contributed by atoms with Gasteiger partial charge in [-0.15, -0.1) is 0 Å². The Balaban J connectivity index is 1.91. The topological polar surface area (TPSA) is 636 Å². The van der Waals surface area contributed by atoms with Crippen molar-refractivity contribution < 1.29 is 77.3 Å². The molecule has 96 heavy (non-hydrogen) atoms. The van der Waals surface area contributed by atoms with Crippen LogP contribution in [0.1, 0.15) is 103 Å². The first-order valence-electron chi connectivity index (χ1n) is 31.1. The van der Waals surface area contributed by atoms with Crippen molar-refractivity contribution in [3.8, 4) is 5.75 Å². The van der Waals surface area contributed by atoms with E-state index in [4.69, 9.17) is 45.9 Å². The number of nitrogens with two attached hydrogens (primary N) is 8. The lowest BCUT2D eigenvalue weighted by Gasteiger charge is -2.31. The SMILES string of the molecule is CC[C@H](C)[C@@H]1NC(=O)[C@H](Cc2ccc(O)cc2)NC(=O)[C@@H](N)CSSC[C@@H](C(=O)N2CCC[C@H]2C(=O)N[C@@H](CCCN=C(N)N)C(=O)NCC(=O)NCC(=O)N[C@@H](CCCCN)C(=O)N[C@@H](CCCN=C(N)N)C(=O)O)NC(=O)[C@H](CC(N)=O)NC(=O)[C@H](CCC(N)=O)NC1=O. The number of carbonyl (C=O) groups is 14. The number of benzene rings is 1. The third-order valence-corrected chi connectivity index (χ3v) is 17.6. The predicted molar refractivity (Wildman–Crippen MR) is 353 cm³/mol. The molecule has 0 radical (unpaired) electrons. The van der Waals surface area contributed by atoms with Crippen LogP contribution < -0.4 is 99.0 Å². The molecule has 0 aliphatic carbocycles. The van der Waals surface area contributed by atoms with Crippen LogP contribution in [0.25, 0.3) is 0 Å². The van der Waals surface area contributed by atoms with E-state index in [-0.39, 0.29) is 107 Å². The second-order valence-corrected chi connectivity index (χ2v) is 25.3. The Hall–Kier alpha value is -9.24. The maximum absolute atomic E-state index is 14.9. The van der Waals surface area contributed by atoms with Gasteiger partial charge >= 0.3 is 5.97 Å². The molecular weight excluding hydrogens is 1300 g/mol. The van der Waals surface area contributed by atoms with E-state index in [0.29, 0.717) is 24.8 Å². The highest BCUT2D eigenvalue weighted by atomic mass is 33.1. The summed E-state index contributed by atoms with van der Waals surface area (Å²) in [5.41, 5.74) is 45.1. The fourth-order valence-electron chi connectivity index (χ4n) is 9.69. The number of rotatable bonds is 33. The molecule has 2 saturated heterocycles. The van der Waals surface area contributed by atoms with Crippen molar-refractivity contribution in [1.82, 2.24) is 58.1 Å². The third kappa shape index (κ3) is 29.6. The smallest absolute Gasteiger partial charge is 0.326 e. The first kappa shape index (κ1) is 81.0. The van der Waals surface area contributed by atoms with Gasteiger partial charge in [0.25, 0.3) is 0 Å². The van der Waals surface area contributed by atoms with Crippen molar-refractivity contribution in [2.24, 2.45) is 61.8 Å². The summed E-state index contributed by atoms with van der Waals surface area (Å²) in [5.74, 6) is -15.1. The Labute approximate surface area is 561 Å². The van der Waals surface area contributed by atoms with Gasteiger partial charge in [0, 0.05) is 44.0 Å². The molecule has 2 fully saturated rings. The zero-order valence-corrected chi connectivity index (χ0v) is 55.2. The van der Waals surface area contributed by atoms with Crippen molar-refractivity contribution in [3.63, 3.8) is 0 Å². The lowest BCUT2D eigenvalue weighted by Crippen LogP contribution is -2.61. The van der Waals surface area contributed by atoms with Crippen LogP contribution in [0.5, 0.6) is 5.75 Å². The third-order valence-electron chi connectivity index (χ3n) is 15.1. The Bertz CT molecular complexity index is 2940. The number of guanidine groups is 2. The minimum atomic E-state index is -1.84. The van der Waals surface area contributed by atoms with Crippen LogP contribution in [0.4, 0.5) is 0 Å². The summed E-state index contributed by atoms with van der Waals surface area (Å²) >= 11 is 0. The van der Waals surface area contributed by atoms with Gasteiger partial charge in [0.1, 0.15) is 60.1 Å². The number of unbranched alkanes of at least 4 members (excludes halogenated alkanes) is 1. The Kier molecular flexibility index (Phi) is 35.6. The number of aromatic hydroxyl groups is 1. The fourth-order valence-corrected chi connectivity index (χ4v) is 12.0. The molecule has 2 aliphatic rings. The Morgan fingerprint density at radius 2 is 1.23 bits per heavy atom. The van der Waals surface area contributed by atoms with E-state index in [9.17, 15) is 77.3 Å². The summed E-state index contributed by atoms with van der Waals surface area (Å²) in [5, 5.41) is 44.6. The highest BCUT2D eigenvalue weighted by molar-refractivity contribution is 8.76. The van der Waals surface area contributed by atoms with E-state index in [1.165, 1.54) is 24.3 Å². The number of phenolic OH excluding ortho intramolecular Hbond substituents is 1. The number of carbonyl (C=O) groups excluding carboxylic acids is 13. The van der Waals surface area contributed by atoms with Gasteiger partial charge in [-0.25, -0.2) is 4.79 Å². The zero-order valence-electron chi connectivity index (χ0n) is 53.6. The monoisotopic (exact) mass is 1390 g/mol. The number of phenols is 1. The van der Waals surface area contributed by atoms with Crippen molar-refractivity contribution in [2.45, 2.75) is 164 Å². The number of amides is 13. The predicted octanol–water partition coefficient (Wildman–Crippen LogP) is -7.73. The largest absolute Gasteiger partial charge is 0.508 e. The first-order valence-corrected chi connectivity index (χ1v) is 33.6. The molecule has 2 aliphatic heterocycles. The van der Waals surface area contributed by atoms with Crippen molar-refractivity contribution in [3.05, 3.63) is 29.8 Å². The molecule has 39 heteroatoms. The minimum Gasteiger partial charge on any atom is -0.508 e. The lowest BCUT2D eigenvalue weighted by atomic mass is 9.96. The summed E-state index contributed by atoms with van der Waals surface area (Å²) in [7, 11) is 1.92. The number of primary amides is 2. The van der Waals surface area contributed by atoms with Crippen LogP contribution in [-0.2, 0) is 73.5 Å². The maximum atomic E-state index is 14.9. The van der Waals surface area contributed by atoms with Gasteiger partial charge in [0.15, 0.2) is 11.9 Å². The highest BCUT2D eigenvalue weighted by Crippen LogP contribution is 2.26.